The van der Waals surface area contributed by atoms with Gasteiger partial charge in [0.2, 0.25) is 5.91 Å². The molecule has 0 bridgehead atoms. The van der Waals surface area contributed by atoms with E-state index in [0.717, 1.165) is 36.5 Å². The zero-order chi connectivity index (χ0) is 16.5. The number of aryl methyl sites for hydroxylation is 1. The Kier molecular flexibility index (Phi) is 6.60. The normalized spacial score (nSPS) is 10.3. The van der Waals surface area contributed by atoms with Crippen LogP contribution < -0.4 is 10.2 Å². The number of benzene rings is 1. The van der Waals surface area contributed by atoms with Crippen LogP contribution in [0.1, 0.15) is 31.4 Å². The fourth-order valence-corrected chi connectivity index (χ4v) is 2.48. The Morgan fingerprint density at radius 3 is 2.52 bits per heavy atom. The molecule has 1 aromatic carbocycles. The van der Waals surface area contributed by atoms with Crippen molar-refractivity contribution in [1.29, 1.82) is 0 Å². The predicted octanol–water partition coefficient (Wildman–Crippen LogP) is 3.18. The third-order valence-corrected chi connectivity index (χ3v) is 3.87. The van der Waals surface area contributed by atoms with Crippen molar-refractivity contribution in [3.63, 3.8) is 0 Å². The standard InChI is InChI=1S/C19H25N3O/c1-3-22(4-2)18-14-16(12-13-20-18)10-11-19(23)21-15-17-8-6-5-7-9-17/h5-9,12-14H,3-4,10-11,15H2,1-2H3,(H,21,23). The van der Waals surface area contributed by atoms with Gasteiger partial charge in [-0.15, -0.1) is 0 Å². The Hall–Kier alpha value is -2.36. The van der Waals surface area contributed by atoms with E-state index in [4.69, 9.17) is 0 Å². The van der Waals surface area contributed by atoms with Crippen LogP contribution in [0.15, 0.2) is 48.7 Å². The molecule has 122 valence electrons. The molecule has 0 aliphatic rings. The molecule has 1 aromatic heterocycles. The lowest BCUT2D eigenvalue weighted by atomic mass is 10.1. The van der Waals surface area contributed by atoms with Gasteiger partial charge in [0.25, 0.3) is 0 Å². The number of carbonyl (C=O) groups is 1. The first-order chi connectivity index (χ1) is 11.2. The van der Waals surface area contributed by atoms with E-state index in [1.807, 2.05) is 42.6 Å². The summed E-state index contributed by atoms with van der Waals surface area (Å²) < 4.78 is 0. The number of carbonyl (C=O) groups excluding carboxylic acids is 1. The fourth-order valence-electron chi connectivity index (χ4n) is 2.48. The monoisotopic (exact) mass is 311 g/mol. The van der Waals surface area contributed by atoms with E-state index in [1.165, 1.54) is 0 Å². The van der Waals surface area contributed by atoms with E-state index >= 15 is 0 Å². The molecule has 0 saturated carbocycles. The minimum Gasteiger partial charge on any atom is -0.357 e. The summed E-state index contributed by atoms with van der Waals surface area (Å²) in [6.45, 7) is 6.69. The average Bonchev–Trinajstić information content (AvgIpc) is 2.60. The van der Waals surface area contributed by atoms with Gasteiger partial charge in [-0.1, -0.05) is 30.3 Å². The average molecular weight is 311 g/mol. The van der Waals surface area contributed by atoms with Crippen molar-refractivity contribution in [1.82, 2.24) is 10.3 Å². The van der Waals surface area contributed by atoms with E-state index in [2.05, 4.69) is 35.1 Å². The number of rotatable bonds is 8. The number of hydrogen-bond acceptors (Lipinski definition) is 3. The molecule has 0 radical (unpaired) electrons. The highest BCUT2D eigenvalue weighted by atomic mass is 16.1. The highest BCUT2D eigenvalue weighted by Crippen LogP contribution is 2.13. The summed E-state index contributed by atoms with van der Waals surface area (Å²) in [5, 5.41) is 2.96. The largest absolute Gasteiger partial charge is 0.357 e. The molecule has 0 saturated heterocycles. The second-order valence-corrected chi connectivity index (χ2v) is 5.46. The second kappa shape index (κ2) is 8.93. The maximum atomic E-state index is 12.0. The number of nitrogens with zero attached hydrogens (tertiary/aromatic N) is 2. The molecule has 2 aromatic rings. The van der Waals surface area contributed by atoms with Crippen molar-refractivity contribution in [3.05, 3.63) is 59.8 Å². The number of amides is 1. The number of pyridine rings is 1. The molecule has 0 atom stereocenters. The van der Waals surface area contributed by atoms with Crippen molar-refractivity contribution in [3.8, 4) is 0 Å². The van der Waals surface area contributed by atoms with E-state index < -0.39 is 0 Å². The number of nitrogens with one attached hydrogen (secondary N) is 1. The molecule has 4 nitrogen and oxygen atoms in total. The maximum Gasteiger partial charge on any atom is 0.220 e. The smallest absolute Gasteiger partial charge is 0.220 e. The van der Waals surface area contributed by atoms with Crippen LogP contribution in [0.25, 0.3) is 0 Å². The van der Waals surface area contributed by atoms with Gasteiger partial charge in [0.15, 0.2) is 0 Å². The van der Waals surface area contributed by atoms with Crippen LogP contribution in [0.3, 0.4) is 0 Å². The van der Waals surface area contributed by atoms with Gasteiger partial charge >= 0.3 is 0 Å². The van der Waals surface area contributed by atoms with Crippen LogP contribution in [-0.4, -0.2) is 24.0 Å². The van der Waals surface area contributed by atoms with Gasteiger partial charge in [-0.25, -0.2) is 4.98 Å². The molecular weight excluding hydrogens is 286 g/mol. The van der Waals surface area contributed by atoms with Gasteiger partial charge in [-0.05, 0) is 43.5 Å². The fraction of sp³-hybridized carbons (Fsp3) is 0.368. The van der Waals surface area contributed by atoms with E-state index in [1.54, 1.807) is 0 Å². The Bertz CT molecular complexity index is 609. The third kappa shape index (κ3) is 5.40. The third-order valence-electron chi connectivity index (χ3n) is 3.87. The molecule has 1 N–H and O–H groups in total. The van der Waals surface area contributed by atoms with Gasteiger partial charge in [0.1, 0.15) is 5.82 Å². The van der Waals surface area contributed by atoms with E-state index in [-0.39, 0.29) is 5.91 Å². The van der Waals surface area contributed by atoms with E-state index in [9.17, 15) is 4.79 Å². The molecule has 0 unspecified atom stereocenters. The predicted molar refractivity (Wildman–Crippen MR) is 94.4 cm³/mol. The summed E-state index contributed by atoms with van der Waals surface area (Å²) in [5.74, 6) is 1.06. The number of hydrogen-bond donors (Lipinski definition) is 1. The minimum absolute atomic E-state index is 0.0788. The number of anilines is 1. The molecule has 0 aliphatic heterocycles. The first-order valence-corrected chi connectivity index (χ1v) is 8.23. The topological polar surface area (TPSA) is 45.2 Å². The van der Waals surface area contributed by atoms with Crippen LogP contribution in [-0.2, 0) is 17.8 Å². The zero-order valence-corrected chi connectivity index (χ0v) is 14.0. The van der Waals surface area contributed by atoms with Crippen molar-refractivity contribution < 1.29 is 4.79 Å². The Balaban J connectivity index is 1.83. The first-order valence-electron chi connectivity index (χ1n) is 8.23. The molecule has 0 spiro atoms. The van der Waals surface area contributed by atoms with Crippen molar-refractivity contribution in [2.45, 2.75) is 33.2 Å². The molecule has 23 heavy (non-hydrogen) atoms. The van der Waals surface area contributed by atoms with Crippen LogP contribution in [0.2, 0.25) is 0 Å². The van der Waals surface area contributed by atoms with Gasteiger partial charge < -0.3 is 10.2 Å². The first kappa shape index (κ1) is 17.0. The van der Waals surface area contributed by atoms with Crippen LogP contribution in [0, 0.1) is 0 Å². The highest BCUT2D eigenvalue weighted by Gasteiger charge is 2.06. The lowest BCUT2D eigenvalue weighted by Gasteiger charge is -2.20. The summed E-state index contributed by atoms with van der Waals surface area (Å²) in [4.78, 5) is 18.6. The second-order valence-electron chi connectivity index (χ2n) is 5.46. The quantitative estimate of drug-likeness (QED) is 0.814. The summed E-state index contributed by atoms with van der Waals surface area (Å²) in [6, 6.07) is 14.0. The van der Waals surface area contributed by atoms with Crippen LogP contribution >= 0.6 is 0 Å². The van der Waals surface area contributed by atoms with Gasteiger partial charge in [-0.2, -0.15) is 0 Å². The maximum absolute atomic E-state index is 12.0. The Morgan fingerprint density at radius 1 is 1.09 bits per heavy atom. The van der Waals surface area contributed by atoms with Gasteiger partial charge in [0, 0.05) is 32.3 Å². The Labute approximate surface area is 138 Å². The molecule has 4 heteroatoms. The summed E-state index contributed by atoms with van der Waals surface area (Å²) in [7, 11) is 0. The molecule has 2 rings (SSSR count). The zero-order valence-electron chi connectivity index (χ0n) is 14.0. The molecular formula is C19H25N3O. The molecule has 0 fully saturated rings. The summed E-state index contributed by atoms with van der Waals surface area (Å²) >= 11 is 0. The molecule has 1 heterocycles. The summed E-state index contributed by atoms with van der Waals surface area (Å²) in [5.41, 5.74) is 2.27. The van der Waals surface area contributed by atoms with Gasteiger partial charge in [0.05, 0.1) is 0 Å². The summed E-state index contributed by atoms with van der Waals surface area (Å²) in [6.07, 6.45) is 3.05. The molecule has 1 amide bonds. The van der Waals surface area contributed by atoms with Crippen molar-refractivity contribution in [2.75, 3.05) is 18.0 Å². The van der Waals surface area contributed by atoms with Gasteiger partial charge in [-0.3, -0.25) is 4.79 Å². The molecule has 0 aliphatic carbocycles. The lowest BCUT2D eigenvalue weighted by molar-refractivity contribution is -0.121. The minimum atomic E-state index is 0.0788. The van der Waals surface area contributed by atoms with Crippen LogP contribution in [0.4, 0.5) is 5.82 Å². The van der Waals surface area contributed by atoms with Crippen molar-refractivity contribution in [2.24, 2.45) is 0 Å². The SMILES string of the molecule is CCN(CC)c1cc(CCC(=O)NCc2ccccc2)ccn1. The van der Waals surface area contributed by atoms with Crippen molar-refractivity contribution >= 4 is 11.7 Å². The van der Waals surface area contributed by atoms with E-state index in [0.29, 0.717) is 13.0 Å². The van der Waals surface area contributed by atoms with Crippen LogP contribution in [0.5, 0.6) is 0 Å². The Morgan fingerprint density at radius 2 is 1.83 bits per heavy atom. The highest BCUT2D eigenvalue weighted by molar-refractivity contribution is 5.76. The lowest BCUT2D eigenvalue weighted by Crippen LogP contribution is -2.24. The number of aromatic nitrogens is 1.